The SMILES string of the molecule is CC/C=C\C/C=C\C/C=C\C/C=C\C/C=C\C/C=C\C/C=C\C/C=C\CCCCCCCCCCCCCCCCCCC(=O)NC(COP(=O)(O)OCC[N+](C)(C)C)C(O)CCCCCCCCCCCCCCCCCCCC. The number of unbranched alkanes of at least 4 members (excludes halogenated alkanes) is 33. The van der Waals surface area contributed by atoms with Crippen molar-refractivity contribution < 1.29 is 32.9 Å². The molecule has 3 unspecified atom stereocenters. The molecule has 0 saturated carbocycles. The number of phosphoric ester groups is 1. The van der Waals surface area contributed by atoms with Gasteiger partial charge in [-0.1, -0.05) is 317 Å². The van der Waals surface area contributed by atoms with Crippen LogP contribution in [0.2, 0.25) is 0 Å². The summed E-state index contributed by atoms with van der Waals surface area (Å²) < 4.78 is 23.8. The summed E-state index contributed by atoms with van der Waals surface area (Å²) in [6.07, 6.45) is 89.3. The number of quaternary nitrogens is 1. The lowest BCUT2D eigenvalue weighted by Gasteiger charge is -2.26. The van der Waals surface area contributed by atoms with Crippen LogP contribution >= 0.6 is 7.82 Å². The largest absolute Gasteiger partial charge is 0.472 e. The van der Waals surface area contributed by atoms with Gasteiger partial charge in [0.15, 0.2) is 0 Å². The highest BCUT2D eigenvalue weighted by molar-refractivity contribution is 7.47. The molecule has 0 aromatic rings. The molecule has 3 N–H and O–H groups in total. The Morgan fingerprint density at radius 3 is 1.09 bits per heavy atom. The molecule has 0 spiro atoms. The van der Waals surface area contributed by atoms with Gasteiger partial charge in [-0.05, 0) is 77.0 Å². The number of phosphoric acid groups is 1. The van der Waals surface area contributed by atoms with Crippen LogP contribution in [0.15, 0.2) is 97.2 Å². The van der Waals surface area contributed by atoms with E-state index in [0.29, 0.717) is 23.9 Å². The number of carbonyl (C=O) groups is 1. The summed E-state index contributed by atoms with van der Waals surface area (Å²) in [7, 11) is 1.62. The first-order valence-corrected chi connectivity index (χ1v) is 35.6. The molecule has 9 heteroatoms. The maximum Gasteiger partial charge on any atom is 0.472 e. The van der Waals surface area contributed by atoms with Gasteiger partial charge in [0.1, 0.15) is 13.2 Å². The van der Waals surface area contributed by atoms with Gasteiger partial charge in [0, 0.05) is 6.42 Å². The third-order valence-electron chi connectivity index (χ3n) is 15.1. The average molecular weight is 1150 g/mol. The predicted molar refractivity (Wildman–Crippen MR) is 355 cm³/mol. The second kappa shape index (κ2) is 62.0. The molecule has 0 rings (SSSR count). The van der Waals surface area contributed by atoms with E-state index in [-0.39, 0.29) is 19.1 Å². The van der Waals surface area contributed by atoms with Crippen molar-refractivity contribution in [3.05, 3.63) is 97.2 Å². The number of hydrogen-bond acceptors (Lipinski definition) is 5. The number of amides is 1. The zero-order valence-corrected chi connectivity index (χ0v) is 54.6. The number of nitrogens with one attached hydrogen (secondary N) is 1. The highest BCUT2D eigenvalue weighted by Crippen LogP contribution is 2.43. The Morgan fingerprint density at radius 1 is 0.432 bits per heavy atom. The van der Waals surface area contributed by atoms with E-state index < -0.39 is 20.0 Å². The summed E-state index contributed by atoms with van der Waals surface area (Å²) in [6.45, 7) is 4.80. The van der Waals surface area contributed by atoms with Gasteiger partial charge in [-0.2, -0.15) is 0 Å². The van der Waals surface area contributed by atoms with E-state index >= 15 is 0 Å². The van der Waals surface area contributed by atoms with Crippen LogP contribution in [0.5, 0.6) is 0 Å². The number of likely N-dealkylation sites (N-methyl/N-ethyl adjacent to an activating group) is 1. The minimum Gasteiger partial charge on any atom is -0.391 e. The van der Waals surface area contributed by atoms with E-state index in [9.17, 15) is 19.4 Å². The smallest absolute Gasteiger partial charge is 0.391 e. The van der Waals surface area contributed by atoms with E-state index in [4.69, 9.17) is 9.05 Å². The molecule has 0 heterocycles. The lowest BCUT2D eigenvalue weighted by molar-refractivity contribution is -0.870. The highest BCUT2D eigenvalue weighted by Gasteiger charge is 2.28. The fourth-order valence-electron chi connectivity index (χ4n) is 9.83. The Kier molecular flexibility index (Phi) is 60.0. The average Bonchev–Trinajstić information content (AvgIpc) is 3.43. The Labute approximate surface area is 502 Å². The molecular weight excluding hydrogens is 1020 g/mol. The normalized spacial score (nSPS) is 14.3. The zero-order valence-electron chi connectivity index (χ0n) is 53.8. The van der Waals surface area contributed by atoms with Gasteiger partial charge in [-0.3, -0.25) is 13.8 Å². The summed E-state index contributed by atoms with van der Waals surface area (Å²) >= 11 is 0. The van der Waals surface area contributed by atoms with Crippen LogP contribution in [0.4, 0.5) is 0 Å². The first kappa shape index (κ1) is 78.4. The van der Waals surface area contributed by atoms with Gasteiger partial charge in [0.25, 0.3) is 0 Å². The molecule has 81 heavy (non-hydrogen) atoms. The summed E-state index contributed by atoms with van der Waals surface area (Å²) in [5.74, 6) is -0.143. The van der Waals surface area contributed by atoms with Crippen molar-refractivity contribution in [2.75, 3.05) is 40.9 Å². The fourth-order valence-corrected chi connectivity index (χ4v) is 10.6. The second-order valence-corrected chi connectivity index (χ2v) is 25.6. The number of aliphatic hydroxyl groups is 1. The maximum absolute atomic E-state index is 13.1. The number of rotatable bonds is 62. The van der Waals surface area contributed by atoms with E-state index in [1.165, 1.54) is 186 Å². The first-order valence-electron chi connectivity index (χ1n) is 34.1. The van der Waals surface area contributed by atoms with Crippen LogP contribution in [-0.2, 0) is 18.4 Å². The minimum atomic E-state index is -4.33. The van der Waals surface area contributed by atoms with Crippen molar-refractivity contribution in [1.82, 2.24) is 5.32 Å². The number of hydrogen-bond donors (Lipinski definition) is 3. The molecule has 1 amide bonds. The number of allylic oxidation sites excluding steroid dienone is 16. The Hall–Kier alpha value is -2.58. The molecular formula is C72H132N2O6P+. The Bertz CT molecular complexity index is 1640. The Balaban J connectivity index is 3.98. The van der Waals surface area contributed by atoms with Crippen LogP contribution in [-0.4, -0.2) is 73.4 Å². The topological polar surface area (TPSA) is 105 Å². The number of nitrogens with zero attached hydrogens (tertiary/aromatic N) is 1. The van der Waals surface area contributed by atoms with Crippen molar-refractivity contribution in [3.63, 3.8) is 0 Å². The van der Waals surface area contributed by atoms with Crippen molar-refractivity contribution >= 4 is 13.7 Å². The molecule has 470 valence electrons. The quantitative estimate of drug-likeness (QED) is 0.0243. The second-order valence-electron chi connectivity index (χ2n) is 24.2. The summed E-state index contributed by atoms with van der Waals surface area (Å²) in [5, 5.41) is 14.1. The van der Waals surface area contributed by atoms with Crippen LogP contribution in [0.1, 0.15) is 303 Å². The van der Waals surface area contributed by atoms with E-state index in [1.54, 1.807) is 0 Å². The zero-order chi connectivity index (χ0) is 59.1. The maximum atomic E-state index is 13.1. The molecule has 3 atom stereocenters. The molecule has 0 fully saturated rings. The molecule has 0 bridgehead atoms. The van der Waals surface area contributed by atoms with Crippen molar-refractivity contribution in [1.29, 1.82) is 0 Å². The number of aliphatic hydroxyl groups excluding tert-OH is 1. The molecule has 0 aliphatic rings. The van der Waals surface area contributed by atoms with E-state index in [1.807, 2.05) is 21.1 Å². The summed E-state index contributed by atoms with van der Waals surface area (Å²) in [4.78, 5) is 23.4. The lowest BCUT2D eigenvalue weighted by Crippen LogP contribution is -2.46. The standard InChI is InChI=1S/C72H131N2O6P/c1-6-8-10-12-14-16-18-20-22-24-26-27-28-29-30-31-32-33-34-35-36-37-38-39-40-41-42-43-44-45-46-47-48-50-52-54-56-58-60-62-64-66-72(76)73-70(69-80-81(77,78)79-68-67-74(3,4)5)71(75)65-63-61-59-57-55-53-51-49-25-23-21-19-17-15-13-11-9-7-2/h8,10,14,16,20,22,26-27,29-30,32-33,35-36,38-39,70-71,75H,6-7,9,11-13,15,17-19,21,23-25,28,31,34,37,40-69H2,1-5H3,(H-,73,76,77,78)/p+1/b10-8-,16-14-,22-20-,27-26-,30-29-,33-32-,36-35-,39-38-. The predicted octanol–water partition coefficient (Wildman–Crippen LogP) is 21.7. The Morgan fingerprint density at radius 2 is 0.741 bits per heavy atom. The molecule has 0 aliphatic heterocycles. The van der Waals surface area contributed by atoms with E-state index in [0.717, 1.165) is 89.9 Å². The molecule has 0 saturated heterocycles. The summed E-state index contributed by atoms with van der Waals surface area (Å²) in [6, 6.07) is -0.765. The van der Waals surface area contributed by atoms with Gasteiger partial charge in [-0.15, -0.1) is 0 Å². The molecule has 0 aromatic heterocycles. The minimum absolute atomic E-state index is 0.0732. The van der Waals surface area contributed by atoms with Gasteiger partial charge in [0.2, 0.25) is 5.91 Å². The van der Waals surface area contributed by atoms with Crippen LogP contribution in [0.3, 0.4) is 0 Å². The monoisotopic (exact) mass is 1150 g/mol. The highest BCUT2D eigenvalue weighted by atomic mass is 31.2. The molecule has 8 nitrogen and oxygen atoms in total. The van der Waals surface area contributed by atoms with Gasteiger partial charge >= 0.3 is 7.82 Å². The molecule has 0 aromatic carbocycles. The molecule has 0 aliphatic carbocycles. The molecule has 0 radical (unpaired) electrons. The third-order valence-corrected chi connectivity index (χ3v) is 16.1. The van der Waals surface area contributed by atoms with Gasteiger partial charge < -0.3 is 19.8 Å². The number of carbonyl (C=O) groups excluding carboxylic acids is 1. The first-order chi connectivity index (χ1) is 39.5. The van der Waals surface area contributed by atoms with Crippen molar-refractivity contribution in [3.8, 4) is 0 Å². The third kappa shape index (κ3) is 64.8. The van der Waals surface area contributed by atoms with Gasteiger partial charge in [0.05, 0.1) is 39.9 Å². The van der Waals surface area contributed by atoms with Crippen LogP contribution < -0.4 is 5.32 Å². The lowest BCUT2D eigenvalue weighted by atomic mass is 10.0. The van der Waals surface area contributed by atoms with Crippen LogP contribution in [0, 0.1) is 0 Å². The van der Waals surface area contributed by atoms with E-state index in [2.05, 4.69) is 116 Å². The van der Waals surface area contributed by atoms with Crippen LogP contribution in [0.25, 0.3) is 0 Å². The summed E-state index contributed by atoms with van der Waals surface area (Å²) in [5.41, 5.74) is 0. The van der Waals surface area contributed by atoms with Crippen molar-refractivity contribution in [2.24, 2.45) is 0 Å². The van der Waals surface area contributed by atoms with Gasteiger partial charge in [-0.25, -0.2) is 4.57 Å². The van der Waals surface area contributed by atoms with Crippen molar-refractivity contribution in [2.45, 2.75) is 315 Å². The fraction of sp³-hybridized carbons (Fsp3) is 0.764.